The lowest BCUT2D eigenvalue weighted by molar-refractivity contribution is -0.141. The predicted molar refractivity (Wildman–Crippen MR) is 142 cm³/mol. The third kappa shape index (κ3) is 5.38. The lowest BCUT2D eigenvalue weighted by atomic mass is 9.80. The Morgan fingerprint density at radius 1 is 1.03 bits per heavy atom. The highest BCUT2D eigenvalue weighted by Gasteiger charge is 2.30. The molecule has 0 fully saturated rings. The van der Waals surface area contributed by atoms with Gasteiger partial charge in [-0.1, -0.05) is 37.3 Å². The molecular weight excluding hydrogens is 464 g/mol. The molecule has 5 aliphatic rings. The number of pyridine rings is 1. The number of ether oxygens (including phenoxy) is 1. The molecule has 0 aliphatic carbocycles. The Bertz CT molecular complexity index is 1300. The largest absolute Gasteiger partial charge is 0.481 e. The van der Waals surface area contributed by atoms with Crippen LogP contribution in [-0.2, 0) is 24.2 Å². The van der Waals surface area contributed by atoms with Gasteiger partial charge in [0.15, 0.2) is 0 Å². The third-order valence-electron chi connectivity index (χ3n) is 7.74. The van der Waals surface area contributed by atoms with E-state index >= 15 is 0 Å². The van der Waals surface area contributed by atoms with Gasteiger partial charge in [0.05, 0.1) is 12.5 Å². The molecule has 0 radical (unpaired) electrons. The number of carboxylic acids is 1. The number of carboxylic acid groups (broad SMARTS) is 1. The zero-order chi connectivity index (χ0) is 25.9. The van der Waals surface area contributed by atoms with E-state index < -0.39 is 11.9 Å². The first-order valence-corrected chi connectivity index (χ1v) is 13.2. The summed E-state index contributed by atoms with van der Waals surface area (Å²) in [6.07, 6.45) is 6.55. The quantitative estimate of drug-likeness (QED) is 0.501. The lowest BCUT2D eigenvalue weighted by Gasteiger charge is -2.31. The Labute approximate surface area is 218 Å². The molecule has 1 amide bonds. The number of carbonyl (C=O) groups excluding carboxylic acids is 1. The van der Waals surface area contributed by atoms with Crippen molar-refractivity contribution in [1.82, 2.24) is 9.88 Å². The number of aliphatic carboxylic acids is 1. The van der Waals surface area contributed by atoms with Crippen LogP contribution in [0.3, 0.4) is 0 Å². The van der Waals surface area contributed by atoms with Crippen LogP contribution < -0.4 is 4.74 Å². The molecule has 0 saturated carbocycles. The Kier molecular flexibility index (Phi) is 7.26. The van der Waals surface area contributed by atoms with E-state index in [1.165, 1.54) is 11.1 Å². The Balaban J connectivity index is 1.54. The van der Waals surface area contributed by atoms with Crippen molar-refractivity contribution in [3.05, 3.63) is 93.7 Å². The topological polar surface area (TPSA) is 79.7 Å². The van der Waals surface area contributed by atoms with Crippen LogP contribution >= 0.6 is 0 Å². The number of rotatable bonds is 2. The minimum absolute atomic E-state index is 0.0384. The van der Waals surface area contributed by atoms with E-state index in [1.54, 1.807) is 13.1 Å². The summed E-state index contributed by atoms with van der Waals surface area (Å²) in [5.41, 5.74) is 6.92. The second kappa shape index (κ2) is 10.8. The fourth-order valence-electron chi connectivity index (χ4n) is 5.53. The van der Waals surface area contributed by atoms with Gasteiger partial charge in [-0.3, -0.25) is 9.59 Å². The van der Waals surface area contributed by atoms with Crippen LogP contribution in [0, 0.1) is 12.8 Å². The summed E-state index contributed by atoms with van der Waals surface area (Å²) in [6.45, 7) is 5.49. The van der Waals surface area contributed by atoms with Crippen LogP contribution in [0.1, 0.15) is 75.8 Å². The maximum Gasteiger partial charge on any atom is 0.307 e. The van der Waals surface area contributed by atoms with Gasteiger partial charge in [-0.15, -0.1) is 0 Å². The van der Waals surface area contributed by atoms with Crippen molar-refractivity contribution in [3.8, 4) is 5.88 Å². The van der Waals surface area contributed by atoms with Crippen molar-refractivity contribution in [2.24, 2.45) is 5.92 Å². The van der Waals surface area contributed by atoms with E-state index in [0.717, 1.165) is 54.4 Å². The van der Waals surface area contributed by atoms with Crippen molar-refractivity contribution in [2.75, 3.05) is 13.2 Å². The van der Waals surface area contributed by atoms with Crippen LogP contribution in [-0.4, -0.2) is 40.0 Å². The fraction of sp³-hybridized carbons (Fsp3) is 0.387. The molecule has 2 atom stereocenters. The number of aromatic nitrogens is 1. The number of aryl methyl sites for hydroxylation is 2. The van der Waals surface area contributed by atoms with Gasteiger partial charge in [0, 0.05) is 36.3 Å². The summed E-state index contributed by atoms with van der Waals surface area (Å²) in [6, 6.07) is 16.2. The van der Waals surface area contributed by atoms with Gasteiger partial charge in [0.1, 0.15) is 0 Å². The molecule has 1 N–H and O–H groups in total. The molecule has 8 rings (SSSR count). The summed E-state index contributed by atoms with van der Waals surface area (Å²) in [4.78, 5) is 31.9. The van der Waals surface area contributed by atoms with E-state index in [-0.39, 0.29) is 11.8 Å². The molecular formula is C31H34N2O4. The van der Waals surface area contributed by atoms with E-state index in [4.69, 9.17) is 4.74 Å². The summed E-state index contributed by atoms with van der Waals surface area (Å²) in [5.74, 6) is -1.22. The van der Waals surface area contributed by atoms with E-state index in [0.29, 0.717) is 31.1 Å². The maximum atomic E-state index is 13.3. The molecule has 3 aromatic rings. The van der Waals surface area contributed by atoms with Crippen molar-refractivity contribution < 1.29 is 19.4 Å². The lowest BCUT2D eigenvalue weighted by Crippen LogP contribution is -2.36. The first-order valence-electron chi connectivity index (χ1n) is 13.2. The average Bonchev–Trinajstić information content (AvgIpc) is 2.90. The van der Waals surface area contributed by atoms with Crippen molar-refractivity contribution in [1.29, 1.82) is 0 Å². The van der Waals surface area contributed by atoms with Crippen LogP contribution in [0.5, 0.6) is 5.88 Å². The predicted octanol–water partition coefficient (Wildman–Crippen LogP) is 5.55. The average molecular weight is 499 g/mol. The summed E-state index contributed by atoms with van der Waals surface area (Å²) < 4.78 is 5.97. The highest BCUT2D eigenvalue weighted by molar-refractivity contribution is 5.94. The number of nitrogens with zero attached hydrogens (tertiary/aromatic N) is 2. The molecule has 0 spiro atoms. The van der Waals surface area contributed by atoms with Crippen LogP contribution in [0.15, 0.2) is 54.7 Å². The van der Waals surface area contributed by atoms with Crippen LogP contribution in [0.4, 0.5) is 0 Å². The minimum Gasteiger partial charge on any atom is -0.481 e. The smallest absolute Gasteiger partial charge is 0.307 e. The summed E-state index contributed by atoms with van der Waals surface area (Å²) >= 11 is 0. The maximum absolute atomic E-state index is 13.3. The second-order valence-electron chi connectivity index (χ2n) is 10.4. The van der Waals surface area contributed by atoms with Gasteiger partial charge >= 0.3 is 5.97 Å². The first-order chi connectivity index (χ1) is 17.9. The minimum atomic E-state index is -0.855. The van der Waals surface area contributed by atoms with Crippen LogP contribution in [0.2, 0.25) is 0 Å². The third-order valence-corrected chi connectivity index (χ3v) is 7.74. The summed E-state index contributed by atoms with van der Waals surface area (Å²) in [5, 5.41) is 9.95. The van der Waals surface area contributed by atoms with Gasteiger partial charge in [0.25, 0.3) is 5.91 Å². The normalized spacial score (nSPS) is 18.8. The van der Waals surface area contributed by atoms with Crippen molar-refractivity contribution in [3.63, 3.8) is 0 Å². The Morgan fingerprint density at radius 3 is 2.59 bits per heavy atom. The van der Waals surface area contributed by atoms with Gasteiger partial charge in [-0.2, -0.15) is 0 Å². The molecule has 0 unspecified atom stereocenters. The van der Waals surface area contributed by atoms with Gasteiger partial charge in [-0.05, 0) is 85.0 Å². The first kappa shape index (κ1) is 25.0. The fourth-order valence-corrected chi connectivity index (χ4v) is 5.53. The molecule has 37 heavy (non-hydrogen) atoms. The molecule has 7 bridgehead atoms. The van der Waals surface area contributed by atoms with E-state index in [9.17, 15) is 14.7 Å². The number of hydrogen-bond donors (Lipinski definition) is 1. The number of amides is 1. The zero-order valence-electron chi connectivity index (χ0n) is 21.6. The SMILES string of the molecule is Cc1cc2cnc1OCCCCCc1ccc(cc1)C(=O)N1CCc3ccc(cc3C1)[C@@H]2[C@H](C)C(=O)O. The molecule has 1 aromatic heterocycles. The highest BCUT2D eigenvalue weighted by atomic mass is 16.5. The van der Waals surface area contributed by atoms with Gasteiger partial charge < -0.3 is 14.7 Å². The van der Waals surface area contributed by atoms with E-state index in [2.05, 4.69) is 29.2 Å². The molecule has 192 valence electrons. The number of hydrogen-bond acceptors (Lipinski definition) is 4. The highest BCUT2D eigenvalue weighted by Crippen LogP contribution is 2.36. The monoisotopic (exact) mass is 498 g/mol. The van der Waals surface area contributed by atoms with Crippen LogP contribution in [0.25, 0.3) is 0 Å². The molecule has 6 nitrogen and oxygen atoms in total. The Morgan fingerprint density at radius 2 is 1.84 bits per heavy atom. The molecule has 6 heterocycles. The zero-order valence-corrected chi connectivity index (χ0v) is 21.6. The second-order valence-corrected chi connectivity index (χ2v) is 10.4. The van der Waals surface area contributed by atoms with E-state index in [1.807, 2.05) is 36.1 Å². The molecule has 5 aliphatic heterocycles. The van der Waals surface area contributed by atoms with Gasteiger partial charge in [0.2, 0.25) is 5.88 Å². The molecule has 0 saturated heterocycles. The molecule has 2 aromatic carbocycles. The van der Waals surface area contributed by atoms with Crippen molar-refractivity contribution >= 4 is 11.9 Å². The Hall–Kier alpha value is -3.67. The van der Waals surface area contributed by atoms with Gasteiger partial charge in [-0.25, -0.2) is 4.98 Å². The molecule has 6 heteroatoms. The number of benzene rings is 2. The summed E-state index contributed by atoms with van der Waals surface area (Å²) in [7, 11) is 0. The standard InChI is InChI=1S/C31H34N2O4/c1-20-16-26-18-32-29(20)37-15-5-3-4-6-22-7-9-24(10-8-22)30(34)33-14-13-23-11-12-25(17-27(23)19-33)28(26)21(2)31(35)36/h7-12,16-18,21,28H,3-6,13-15,19H2,1-2H3,(H,35,36)/t21-,28-/m0/s1. The van der Waals surface area contributed by atoms with Crippen molar-refractivity contribution in [2.45, 2.75) is 58.4 Å². The number of carbonyl (C=O) groups is 2.